The highest BCUT2D eigenvalue weighted by atomic mass is 32.3. The second-order valence-electron chi connectivity index (χ2n) is 4.67. The first-order chi connectivity index (χ1) is 11.1. The second-order valence-corrected chi connectivity index (χ2v) is 7.51. The molecule has 0 aliphatic rings. The maximum Gasteiger partial charge on any atom is 0.306 e. The van der Waals surface area contributed by atoms with Gasteiger partial charge in [-0.2, -0.15) is 8.10 Å². The first kappa shape index (κ1) is 18.0. The van der Waals surface area contributed by atoms with Gasteiger partial charge in [-0.3, -0.25) is 14.7 Å². The number of nitro benzene ring substituents is 1. The highest BCUT2D eigenvalue weighted by molar-refractivity contribution is 8.05. The van der Waals surface area contributed by atoms with Crippen molar-refractivity contribution in [2.75, 3.05) is 3.71 Å². The molecular formula is C13H11FN2O6S2. The summed E-state index contributed by atoms with van der Waals surface area (Å²) in [5, 5.41) is 10.8. The molecule has 2 rings (SSSR count). The summed E-state index contributed by atoms with van der Waals surface area (Å²) in [6, 6.07) is 7.51. The van der Waals surface area contributed by atoms with Crippen molar-refractivity contribution in [1.82, 2.24) is 0 Å². The van der Waals surface area contributed by atoms with Gasteiger partial charge in [-0.05, 0) is 31.2 Å². The summed E-state index contributed by atoms with van der Waals surface area (Å²) in [5.41, 5.74) is -0.755. The largest absolute Gasteiger partial charge is 0.306 e. The Labute approximate surface area is 139 Å². The van der Waals surface area contributed by atoms with Gasteiger partial charge in [-0.15, -0.1) is 0 Å². The molecule has 128 valence electrons. The lowest BCUT2D eigenvalue weighted by Gasteiger charge is -2.19. The number of hydrogen-bond acceptors (Lipinski definition) is 5. The Bertz CT molecular complexity index is 915. The Morgan fingerprint density at radius 3 is 2.29 bits per heavy atom. The fraction of sp³-hybridized carbons (Fsp3) is 0.0769. The molecule has 0 radical (unpaired) electrons. The summed E-state index contributed by atoms with van der Waals surface area (Å²) in [6.07, 6.45) is 0. The minimum Gasteiger partial charge on any atom is -0.288 e. The SMILES string of the molecule is Cc1ccc(S(=O)(=O)N(c2ccc(F)c([N+](=O)[O-])c2)S(=O)O)cc1. The number of anilines is 1. The Balaban J connectivity index is 2.62. The molecule has 1 N–H and O–H groups in total. The van der Waals surface area contributed by atoms with E-state index in [1.165, 1.54) is 24.3 Å². The maximum atomic E-state index is 13.4. The van der Waals surface area contributed by atoms with Gasteiger partial charge in [0.25, 0.3) is 21.3 Å². The summed E-state index contributed by atoms with van der Waals surface area (Å²) >= 11 is -3.06. The predicted octanol–water partition coefficient (Wildman–Crippen LogP) is 2.37. The van der Waals surface area contributed by atoms with E-state index >= 15 is 0 Å². The van der Waals surface area contributed by atoms with E-state index < -0.39 is 43.4 Å². The van der Waals surface area contributed by atoms with Crippen molar-refractivity contribution in [3.8, 4) is 0 Å². The minimum absolute atomic E-state index is 0.0735. The molecule has 1 atom stereocenters. The zero-order valence-electron chi connectivity index (χ0n) is 12.1. The lowest BCUT2D eigenvalue weighted by molar-refractivity contribution is -0.387. The first-order valence-electron chi connectivity index (χ1n) is 6.31. The van der Waals surface area contributed by atoms with Crippen LogP contribution in [0.3, 0.4) is 0 Å². The van der Waals surface area contributed by atoms with Crippen LogP contribution in [0.2, 0.25) is 0 Å². The third-order valence-electron chi connectivity index (χ3n) is 3.02. The van der Waals surface area contributed by atoms with Gasteiger partial charge < -0.3 is 0 Å². The van der Waals surface area contributed by atoms with Crippen molar-refractivity contribution >= 4 is 32.7 Å². The normalized spacial score (nSPS) is 12.6. The number of aryl methyl sites for hydroxylation is 1. The molecule has 2 aromatic carbocycles. The molecule has 0 amide bonds. The van der Waals surface area contributed by atoms with E-state index in [4.69, 9.17) is 0 Å². The summed E-state index contributed by atoms with van der Waals surface area (Å²) in [6.45, 7) is 1.72. The Hall–Kier alpha value is -2.37. The van der Waals surface area contributed by atoms with Gasteiger partial charge in [0.2, 0.25) is 5.82 Å². The van der Waals surface area contributed by atoms with E-state index in [0.717, 1.165) is 11.6 Å². The molecule has 0 saturated heterocycles. The molecule has 0 heterocycles. The fourth-order valence-electron chi connectivity index (χ4n) is 1.87. The van der Waals surface area contributed by atoms with Crippen LogP contribution in [0.25, 0.3) is 0 Å². The summed E-state index contributed by atoms with van der Waals surface area (Å²) in [7, 11) is -4.49. The standard InChI is InChI=1S/C13H11FN2O6S2/c1-9-2-5-11(6-3-9)24(21,22)16(23(19)20)10-4-7-12(14)13(8-10)15(17)18/h2-8H,1H3,(H,19,20). The zero-order chi connectivity index (χ0) is 18.1. The van der Waals surface area contributed by atoms with Crippen molar-refractivity contribution in [2.24, 2.45) is 0 Å². The lowest BCUT2D eigenvalue weighted by atomic mass is 10.2. The van der Waals surface area contributed by atoms with Crippen molar-refractivity contribution in [1.29, 1.82) is 0 Å². The van der Waals surface area contributed by atoms with Gasteiger partial charge in [-0.25, -0.2) is 12.6 Å². The molecular weight excluding hydrogens is 363 g/mol. The monoisotopic (exact) mass is 374 g/mol. The van der Waals surface area contributed by atoms with Crippen LogP contribution in [0.1, 0.15) is 5.56 Å². The molecule has 11 heteroatoms. The van der Waals surface area contributed by atoms with Crippen molar-refractivity contribution in [3.63, 3.8) is 0 Å². The van der Waals surface area contributed by atoms with Gasteiger partial charge in [0.1, 0.15) is 0 Å². The van der Waals surface area contributed by atoms with Crippen LogP contribution in [0.4, 0.5) is 15.8 Å². The number of hydrogen-bond donors (Lipinski definition) is 1. The Morgan fingerprint density at radius 2 is 1.79 bits per heavy atom. The van der Waals surface area contributed by atoms with Crippen LogP contribution < -0.4 is 3.71 Å². The maximum absolute atomic E-state index is 13.4. The lowest BCUT2D eigenvalue weighted by Crippen LogP contribution is -2.32. The average Bonchev–Trinajstić information content (AvgIpc) is 2.48. The minimum atomic E-state index is -4.49. The van der Waals surface area contributed by atoms with Crippen molar-refractivity contribution in [2.45, 2.75) is 11.8 Å². The van der Waals surface area contributed by atoms with E-state index in [-0.39, 0.29) is 8.61 Å². The van der Waals surface area contributed by atoms with Crippen molar-refractivity contribution in [3.05, 3.63) is 64.0 Å². The first-order valence-corrected chi connectivity index (χ1v) is 8.82. The molecule has 0 bridgehead atoms. The van der Waals surface area contributed by atoms with Gasteiger partial charge in [0.15, 0.2) is 0 Å². The molecule has 0 aliphatic heterocycles. The molecule has 0 saturated carbocycles. The number of benzene rings is 2. The fourth-order valence-corrected chi connectivity index (χ4v) is 4.16. The van der Waals surface area contributed by atoms with Crippen LogP contribution in [0, 0.1) is 22.9 Å². The third-order valence-corrected chi connectivity index (χ3v) is 6.00. The molecule has 1 unspecified atom stereocenters. The van der Waals surface area contributed by atoms with Crippen LogP contribution in [0.15, 0.2) is 47.4 Å². The summed E-state index contributed by atoms with van der Waals surface area (Å²) in [5.74, 6) is -1.19. The summed E-state index contributed by atoms with van der Waals surface area (Å²) in [4.78, 5) is 9.43. The molecule has 24 heavy (non-hydrogen) atoms. The second kappa shape index (κ2) is 6.63. The number of rotatable bonds is 5. The zero-order valence-corrected chi connectivity index (χ0v) is 13.8. The molecule has 8 nitrogen and oxygen atoms in total. The van der Waals surface area contributed by atoms with Gasteiger partial charge in [-0.1, -0.05) is 17.7 Å². The van der Waals surface area contributed by atoms with Gasteiger partial charge in [0.05, 0.1) is 15.5 Å². The Kier molecular flexibility index (Phi) is 4.96. The van der Waals surface area contributed by atoms with E-state index in [1.54, 1.807) is 6.92 Å². The highest BCUT2D eigenvalue weighted by Crippen LogP contribution is 2.29. The molecule has 2 aromatic rings. The number of sulfonamides is 1. The van der Waals surface area contributed by atoms with E-state index in [9.17, 15) is 31.7 Å². The number of halogens is 1. The van der Waals surface area contributed by atoms with Gasteiger partial charge in [0, 0.05) is 6.07 Å². The van der Waals surface area contributed by atoms with Crippen LogP contribution in [0.5, 0.6) is 0 Å². The van der Waals surface area contributed by atoms with Crippen LogP contribution >= 0.6 is 0 Å². The molecule has 0 aromatic heterocycles. The molecule has 0 spiro atoms. The smallest absolute Gasteiger partial charge is 0.288 e. The number of nitro groups is 1. The topological polar surface area (TPSA) is 118 Å². The van der Waals surface area contributed by atoms with Gasteiger partial charge >= 0.3 is 5.69 Å². The van der Waals surface area contributed by atoms with Crippen molar-refractivity contribution < 1.29 is 26.5 Å². The van der Waals surface area contributed by atoms with Crippen LogP contribution in [-0.4, -0.2) is 22.1 Å². The number of nitrogens with zero attached hydrogens (tertiary/aromatic N) is 2. The quantitative estimate of drug-likeness (QED) is 0.488. The average molecular weight is 374 g/mol. The van der Waals surface area contributed by atoms with E-state index in [2.05, 4.69) is 0 Å². The predicted molar refractivity (Wildman–Crippen MR) is 84.7 cm³/mol. The molecule has 0 fully saturated rings. The summed E-state index contributed by atoms with van der Waals surface area (Å²) < 4.78 is 59.5. The Morgan fingerprint density at radius 1 is 1.21 bits per heavy atom. The van der Waals surface area contributed by atoms with E-state index in [0.29, 0.717) is 12.1 Å². The highest BCUT2D eigenvalue weighted by Gasteiger charge is 2.31. The third kappa shape index (κ3) is 3.42. The molecule has 0 aliphatic carbocycles. The van der Waals surface area contributed by atoms with E-state index in [1.807, 2.05) is 0 Å². The van der Waals surface area contributed by atoms with Crippen LogP contribution in [-0.2, 0) is 21.3 Å².